The molecular formula is C79H91Cl6N19O11P2S4. The molecule has 0 unspecified atom stereocenters. The van der Waals surface area contributed by atoms with Crippen molar-refractivity contribution in [2.24, 2.45) is 0 Å². The van der Waals surface area contributed by atoms with Crippen molar-refractivity contribution in [1.82, 2.24) is 65.3 Å². The molecule has 0 bridgehead atoms. The number of nitrogens with two attached hydrogens (primary N) is 2. The van der Waals surface area contributed by atoms with Crippen molar-refractivity contribution in [3.8, 4) is 24.3 Å². The average Bonchev–Trinajstić information content (AvgIpc) is 1.63. The van der Waals surface area contributed by atoms with Gasteiger partial charge in [-0.25, -0.2) is 38.7 Å². The third-order valence-corrected chi connectivity index (χ3v) is 30.3. The highest BCUT2D eigenvalue weighted by Crippen LogP contribution is 2.39. The van der Waals surface area contributed by atoms with E-state index in [0.717, 1.165) is 50.1 Å². The summed E-state index contributed by atoms with van der Waals surface area (Å²) in [4.78, 5) is 17.2. The SMILES string of the molecule is C#C.CC(C)S(=O)(=O)c1ccccc1N.CC(C)S(=O)(=O)c1ccccc1Nc1nc(Cl)nnc1Cl.COc1cc(C)ccc1N.Cc1cc(P(C)(C)=O)ccc1Nc1nnc(Cl)c(Nc2ccccc2S(=O)(=O)C(C)C)n1.Cc1cc(P(C)(C)=O)ccc1Nc1nnc2cc(C)n(-c3ccccc3S(=O)(=O)C(C)C)c2n1.Clc1nnc(Cl)c(Cl)n1. The molecule has 30 nitrogen and oxygen atoms in total. The van der Waals surface area contributed by atoms with Crippen LogP contribution in [0.5, 0.6) is 5.75 Å². The summed E-state index contributed by atoms with van der Waals surface area (Å²) in [5, 5.41) is 41.7. The van der Waals surface area contributed by atoms with Crippen LogP contribution in [0, 0.1) is 40.5 Å². The van der Waals surface area contributed by atoms with Crippen molar-refractivity contribution >= 4 is 203 Å². The van der Waals surface area contributed by atoms with Crippen LogP contribution in [0.2, 0.25) is 31.2 Å². The van der Waals surface area contributed by atoms with E-state index in [1.165, 1.54) is 18.2 Å². The number of methoxy groups -OCH3 is 1. The monoisotopic (exact) mass is 1880 g/mol. The number of hydrogen-bond acceptors (Lipinski definition) is 29. The van der Waals surface area contributed by atoms with E-state index in [9.17, 15) is 42.8 Å². The second-order valence-electron chi connectivity index (χ2n) is 27.9. The van der Waals surface area contributed by atoms with Crippen molar-refractivity contribution in [1.29, 1.82) is 0 Å². The number of aryl methyl sites for hydroxylation is 4. The molecule has 5 heterocycles. The van der Waals surface area contributed by atoms with Crippen molar-refractivity contribution in [3.05, 3.63) is 211 Å². The predicted octanol–water partition coefficient (Wildman–Crippen LogP) is 17.6. The second-order valence-corrected chi connectivity index (χ2v) is 46.4. The molecule has 7 aromatic carbocycles. The van der Waals surface area contributed by atoms with Gasteiger partial charge in [0.1, 0.15) is 25.5 Å². The molecule has 0 spiro atoms. The number of hydrogen-bond donors (Lipinski definition) is 6. The number of terminal acetylenes is 1. The summed E-state index contributed by atoms with van der Waals surface area (Å²) in [7, 11) is -16.9. The summed E-state index contributed by atoms with van der Waals surface area (Å²) in [6.45, 7) is 27.7. The Morgan fingerprint density at radius 1 is 0.405 bits per heavy atom. The lowest BCUT2D eigenvalue weighted by Gasteiger charge is -2.16. The third-order valence-electron chi connectivity index (χ3n) is 17.0. The molecule has 8 N–H and O–H groups in total. The van der Waals surface area contributed by atoms with Gasteiger partial charge >= 0.3 is 0 Å². The van der Waals surface area contributed by atoms with Crippen LogP contribution in [0.15, 0.2) is 177 Å². The first kappa shape index (κ1) is 100. The fourth-order valence-corrected chi connectivity index (χ4v) is 17.7. The van der Waals surface area contributed by atoms with Gasteiger partial charge in [-0.2, -0.15) is 15.0 Å². The van der Waals surface area contributed by atoms with E-state index in [0.29, 0.717) is 39.6 Å². The fraction of sp³-hybridized carbons (Fsp3) is 0.266. The minimum atomic E-state index is -3.53. The number of sulfone groups is 4. The number of halogens is 6. The zero-order valence-electron chi connectivity index (χ0n) is 68.7. The Balaban J connectivity index is 0.000000239. The van der Waals surface area contributed by atoms with Gasteiger partial charge in [0.25, 0.3) is 0 Å². The molecule has 42 heteroatoms. The summed E-state index contributed by atoms with van der Waals surface area (Å²) in [5.74, 6) is 1.51. The highest BCUT2D eigenvalue weighted by Gasteiger charge is 2.29. The number of fused-ring (bicyclic) bond motifs is 1. The standard InChI is InChI=1S/C24H28N5O3PS.C21H25ClN5O3PS.C12H12Cl2N4O2S.C9H13NO2S.C8H11NO.C3Cl3N3.C2H2/c1-15(2)34(31,32)22-10-8-7-9-21(22)29-17(4)14-20-23(29)26-24(28-27-20)25-19-12-11-18(13-16(19)3)33(5,6)30;1-13(2)32(29,30)18-9-7-6-8-17(18)23-20-19(22)26-27-21(25-20)24-16-11-10-15(12-14(16)3)31(4,5)28;1-7(2)21(19,20)9-6-4-3-5-8(9)15-11-10(13)17-18-12(14)16-11;1-7(2)13(11,12)9-6-4-3-5-8(9)10;1-6-3-4-7(9)8(5-6)10-2;4-1-2(5)8-9-3(6)7-1;1-2/h7-15H,1-6H3,(H,25,26,28);6-13H,1-5H3,(H2,23,24,25,27);3-7H,1-2H3,(H,15,16,18);3-7H,10H2,1-2H3;3-5H,9H2,1-2H3;;1-2H. The zero-order chi connectivity index (χ0) is 90.6. The molecule has 0 aliphatic heterocycles. The normalized spacial score (nSPS) is 11.5. The van der Waals surface area contributed by atoms with Crippen LogP contribution in [0.25, 0.3) is 16.9 Å². The molecule has 0 saturated carbocycles. The van der Waals surface area contributed by atoms with Crippen molar-refractivity contribution in [2.75, 3.05) is 66.5 Å². The van der Waals surface area contributed by atoms with E-state index in [2.05, 4.69) is 94.8 Å². The number of para-hydroxylation sites is 4. The van der Waals surface area contributed by atoms with E-state index in [4.69, 9.17) is 85.8 Å². The minimum absolute atomic E-state index is 0.00253. The van der Waals surface area contributed by atoms with Gasteiger partial charge < -0.3 is 46.6 Å². The quantitative estimate of drug-likeness (QED) is 0.0234. The van der Waals surface area contributed by atoms with Crippen molar-refractivity contribution < 1.29 is 47.5 Å². The Morgan fingerprint density at radius 2 is 0.802 bits per heavy atom. The molecule has 0 saturated heterocycles. The lowest BCUT2D eigenvalue weighted by molar-refractivity contribution is 0.416. The Morgan fingerprint density at radius 3 is 1.24 bits per heavy atom. The molecule has 12 aromatic rings. The lowest BCUT2D eigenvalue weighted by atomic mass is 10.2. The van der Waals surface area contributed by atoms with E-state index in [1.54, 1.807) is 185 Å². The van der Waals surface area contributed by atoms with Crippen molar-refractivity contribution in [2.45, 2.75) is 124 Å². The van der Waals surface area contributed by atoms with Gasteiger partial charge in [0, 0.05) is 27.7 Å². The first-order valence-corrected chi connectivity index (χ1v) is 49.8. The molecule has 0 aliphatic rings. The summed E-state index contributed by atoms with van der Waals surface area (Å²) in [6, 6.07) is 45.0. The highest BCUT2D eigenvalue weighted by atomic mass is 35.5. The first-order valence-electron chi connectivity index (χ1n) is 36.1. The van der Waals surface area contributed by atoms with Gasteiger partial charge in [-0.3, -0.25) is 4.57 Å². The summed E-state index contributed by atoms with van der Waals surface area (Å²) < 4.78 is 131. The average molecular weight is 1890 g/mol. The largest absolute Gasteiger partial charge is 0.495 e. The van der Waals surface area contributed by atoms with Gasteiger partial charge in [0.15, 0.2) is 77.2 Å². The molecule has 0 aliphatic carbocycles. The summed E-state index contributed by atoms with van der Waals surface area (Å²) in [5.41, 5.74) is 19.7. The minimum Gasteiger partial charge on any atom is -0.495 e. The topological polar surface area (TPSA) is 440 Å². The van der Waals surface area contributed by atoms with E-state index >= 15 is 0 Å². The molecule has 0 amide bonds. The van der Waals surface area contributed by atoms with Crippen LogP contribution in [0.4, 0.5) is 57.7 Å². The van der Waals surface area contributed by atoms with Gasteiger partial charge in [-0.15, -0.1) is 53.6 Å². The number of nitrogen functional groups attached to an aromatic ring is 2. The maximum absolute atomic E-state index is 13.0. The third kappa shape index (κ3) is 26.9. The number of ether oxygens (including phenoxy) is 1. The van der Waals surface area contributed by atoms with Crippen LogP contribution in [-0.2, 0) is 48.5 Å². The molecule has 644 valence electrons. The van der Waals surface area contributed by atoms with E-state index < -0.39 is 74.6 Å². The number of benzene rings is 7. The van der Waals surface area contributed by atoms with Gasteiger partial charge in [0.05, 0.1) is 76.1 Å². The zero-order valence-corrected chi connectivity index (χ0v) is 78.3. The first-order chi connectivity index (χ1) is 56.5. The molecular weight excluding hydrogens is 1790 g/mol. The number of nitrogens with zero attached hydrogens (tertiary/aromatic N) is 13. The van der Waals surface area contributed by atoms with Gasteiger partial charge in [-0.05, 0) is 253 Å². The van der Waals surface area contributed by atoms with Crippen molar-refractivity contribution in [3.63, 3.8) is 0 Å². The summed E-state index contributed by atoms with van der Waals surface area (Å²) >= 11 is 33.7. The Hall–Kier alpha value is -9.72. The molecule has 5 aromatic heterocycles. The fourth-order valence-electron chi connectivity index (χ4n) is 10.3. The highest BCUT2D eigenvalue weighted by molar-refractivity contribution is 7.93. The number of anilines is 10. The predicted molar refractivity (Wildman–Crippen MR) is 490 cm³/mol. The van der Waals surface area contributed by atoms with Gasteiger partial charge in [-0.1, -0.05) is 101 Å². The Labute approximate surface area is 735 Å². The molecule has 0 atom stereocenters. The van der Waals surface area contributed by atoms with Crippen LogP contribution < -0.4 is 48.1 Å². The molecule has 0 fully saturated rings. The number of nitrogens with one attached hydrogen (secondary N) is 4. The van der Waals surface area contributed by atoms with Crippen LogP contribution in [-0.4, -0.2) is 154 Å². The maximum Gasteiger partial charge on any atom is 0.249 e. The van der Waals surface area contributed by atoms with Crippen LogP contribution in [0.1, 0.15) is 77.8 Å². The second kappa shape index (κ2) is 43.4. The maximum atomic E-state index is 13.0. The van der Waals surface area contributed by atoms with Gasteiger partial charge in [0.2, 0.25) is 22.5 Å². The molecule has 121 heavy (non-hydrogen) atoms. The Kier molecular flexibility index (Phi) is 35.9. The number of rotatable bonds is 20. The lowest BCUT2D eigenvalue weighted by Crippen LogP contribution is -2.17. The molecule has 12 rings (SSSR count). The van der Waals surface area contributed by atoms with Crippen LogP contribution >= 0.6 is 83.9 Å². The van der Waals surface area contributed by atoms with Crippen LogP contribution in [0.3, 0.4) is 0 Å². The smallest absolute Gasteiger partial charge is 0.249 e. The summed E-state index contributed by atoms with van der Waals surface area (Å²) in [6.07, 6.45) is 8.00. The number of aromatic nitrogens is 13. The molecule has 0 radical (unpaired) electrons. The Bertz CT molecular complexity index is 6310. The van der Waals surface area contributed by atoms with E-state index in [1.807, 2.05) is 76.2 Å². The van der Waals surface area contributed by atoms with E-state index in [-0.39, 0.29) is 74.3 Å².